The highest BCUT2D eigenvalue weighted by molar-refractivity contribution is 6.30. The summed E-state index contributed by atoms with van der Waals surface area (Å²) in [6, 6.07) is 9.74. The Kier molecular flexibility index (Phi) is 7.35. The third-order valence-corrected chi connectivity index (χ3v) is 4.68. The van der Waals surface area contributed by atoms with Crippen molar-refractivity contribution in [2.45, 2.75) is 26.1 Å². The number of rotatable bonds is 6. The Morgan fingerprint density at radius 3 is 2.26 bits per heavy atom. The summed E-state index contributed by atoms with van der Waals surface area (Å²) >= 11 is 5.78. The molecular formula is C22H20ClF3N4O4. The fraction of sp³-hybridized carbons (Fsp3) is 0.227. The van der Waals surface area contributed by atoms with Gasteiger partial charge in [0.25, 0.3) is 11.8 Å². The predicted molar refractivity (Wildman–Crippen MR) is 117 cm³/mol. The molecule has 0 aliphatic carbocycles. The number of carbonyl (C=O) groups excluding carboxylic acids is 2. The molecule has 0 radical (unpaired) electrons. The molecule has 3 rings (SSSR count). The van der Waals surface area contributed by atoms with Crippen LogP contribution in [0.25, 0.3) is 5.69 Å². The molecule has 0 saturated carbocycles. The van der Waals surface area contributed by atoms with Gasteiger partial charge < -0.3 is 9.47 Å². The second-order valence-electron chi connectivity index (χ2n) is 7.23. The number of hydrogen-bond donors (Lipinski definition) is 2. The van der Waals surface area contributed by atoms with Crippen LogP contribution in [0.15, 0.2) is 48.7 Å². The van der Waals surface area contributed by atoms with Crippen LogP contribution in [-0.4, -0.2) is 34.8 Å². The van der Waals surface area contributed by atoms with E-state index in [2.05, 4.69) is 10.5 Å². The third kappa shape index (κ3) is 5.60. The number of hydrazine groups is 1. The van der Waals surface area contributed by atoms with Gasteiger partial charge in [-0.1, -0.05) is 11.6 Å². The molecule has 0 aliphatic rings. The van der Waals surface area contributed by atoms with Gasteiger partial charge in [-0.2, -0.15) is 18.3 Å². The van der Waals surface area contributed by atoms with Gasteiger partial charge in [0, 0.05) is 10.6 Å². The zero-order valence-electron chi connectivity index (χ0n) is 18.2. The van der Waals surface area contributed by atoms with Crippen molar-refractivity contribution in [3.05, 3.63) is 70.5 Å². The molecular weight excluding hydrogens is 477 g/mol. The van der Waals surface area contributed by atoms with Gasteiger partial charge in [-0.15, -0.1) is 0 Å². The summed E-state index contributed by atoms with van der Waals surface area (Å²) in [5.41, 5.74) is 2.12. The Morgan fingerprint density at radius 2 is 1.68 bits per heavy atom. The molecule has 12 heteroatoms. The molecule has 0 atom stereocenters. The van der Waals surface area contributed by atoms with Crippen molar-refractivity contribution < 1.29 is 32.2 Å². The smallest absolute Gasteiger partial charge is 0.434 e. The number of benzene rings is 2. The molecule has 3 aromatic rings. The first-order chi connectivity index (χ1) is 16.0. The standard InChI is InChI=1S/C22H20ClF3N4O4/c1-12(2)34-17-9-4-13(10-18(17)33-3)20(31)28-29-21(32)16-11-27-30(19(16)22(24,25)26)15-7-5-14(23)6-8-15/h4-12H,1-3H3,(H,28,31)(H,29,32). The van der Waals surface area contributed by atoms with Crippen LogP contribution in [-0.2, 0) is 6.18 Å². The Labute approximate surface area is 197 Å². The molecule has 34 heavy (non-hydrogen) atoms. The zero-order chi connectivity index (χ0) is 25.0. The SMILES string of the molecule is COc1cc(C(=O)NNC(=O)c2cnn(-c3ccc(Cl)cc3)c2C(F)(F)F)ccc1OC(C)C. The summed E-state index contributed by atoms with van der Waals surface area (Å²) in [6.45, 7) is 3.64. The molecule has 2 N–H and O–H groups in total. The Hall–Kier alpha value is -3.73. The van der Waals surface area contributed by atoms with E-state index in [-0.39, 0.29) is 23.1 Å². The number of methoxy groups -OCH3 is 1. The van der Waals surface area contributed by atoms with Crippen LogP contribution < -0.4 is 20.3 Å². The number of ether oxygens (including phenoxy) is 2. The van der Waals surface area contributed by atoms with Crippen molar-refractivity contribution in [2.75, 3.05) is 7.11 Å². The van der Waals surface area contributed by atoms with E-state index >= 15 is 0 Å². The van der Waals surface area contributed by atoms with Crippen LogP contribution in [0.4, 0.5) is 13.2 Å². The molecule has 1 aromatic heterocycles. The summed E-state index contributed by atoms with van der Waals surface area (Å²) in [7, 11) is 1.39. The van der Waals surface area contributed by atoms with E-state index in [0.29, 0.717) is 15.5 Å². The van der Waals surface area contributed by atoms with E-state index in [1.54, 1.807) is 0 Å². The zero-order valence-corrected chi connectivity index (χ0v) is 19.0. The van der Waals surface area contributed by atoms with Crippen molar-refractivity contribution in [3.63, 3.8) is 0 Å². The van der Waals surface area contributed by atoms with Gasteiger partial charge in [0.1, 0.15) is 0 Å². The molecule has 0 unspecified atom stereocenters. The third-order valence-electron chi connectivity index (χ3n) is 4.43. The van der Waals surface area contributed by atoms with Crippen molar-refractivity contribution in [1.29, 1.82) is 0 Å². The molecule has 0 aliphatic heterocycles. The number of hydrogen-bond acceptors (Lipinski definition) is 5. The van der Waals surface area contributed by atoms with Gasteiger partial charge in [-0.25, -0.2) is 4.68 Å². The Bertz CT molecular complexity index is 1190. The van der Waals surface area contributed by atoms with E-state index in [1.165, 1.54) is 49.6 Å². The van der Waals surface area contributed by atoms with Crippen molar-refractivity contribution in [3.8, 4) is 17.2 Å². The lowest BCUT2D eigenvalue weighted by atomic mass is 10.2. The van der Waals surface area contributed by atoms with E-state index in [0.717, 1.165) is 6.20 Å². The Balaban J connectivity index is 1.80. The summed E-state index contributed by atoms with van der Waals surface area (Å²) in [4.78, 5) is 24.9. The van der Waals surface area contributed by atoms with Crippen LogP contribution >= 0.6 is 11.6 Å². The van der Waals surface area contributed by atoms with Crippen molar-refractivity contribution in [1.82, 2.24) is 20.6 Å². The maximum Gasteiger partial charge on any atom is 0.434 e. The minimum Gasteiger partial charge on any atom is -0.493 e. The maximum atomic E-state index is 13.8. The van der Waals surface area contributed by atoms with Crippen LogP contribution in [0.2, 0.25) is 5.02 Å². The summed E-state index contributed by atoms with van der Waals surface area (Å²) in [6.07, 6.45) is -4.28. The van der Waals surface area contributed by atoms with Crippen molar-refractivity contribution >= 4 is 23.4 Å². The lowest BCUT2D eigenvalue weighted by molar-refractivity contribution is -0.143. The van der Waals surface area contributed by atoms with E-state index in [9.17, 15) is 22.8 Å². The van der Waals surface area contributed by atoms with E-state index in [4.69, 9.17) is 21.1 Å². The maximum absolute atomic E-state index is 13.8. The second kappa shape index (κ2) is 10.0. The number of carbonyl (C=O) groups is 2. The van der Waals surface area contributed by atoms with Crippen LogP contribution in [0, 0.1) is 0 Å². The fourth-order valence-corrected chi connectivity index (χ4v) is 3.10. The monoisotopic (exact) mass is 496 g/mol. The van der Waals surface area contributed by atoms with Gasteiger partial charge >= 0.3 is 6.18 Å². The highest BCUT2D eigenvalue weighted by atomic mass is 35.5. The van der Waals surface area contributed by atoms with E-state index in [1.807, 2.05) is 19.3 Å². The molecule has 0 spiro atoms. The first-order valence-corrected chi connectivity index (χ1v) is 10.3. The fourth-order valence-electron chi connectivity index (χ4n) is 2.98. The highest BCUT2D eigenvalue weighted by Gasteiger charge is 2.40. The van der Waals surface area contributed by atoms with Crippen molar-refractivity contribution in [2.24, 2.45) is 0 Å². The molecule has 0 fully saturated rings. The second-order valence-corrected chi connectivity index (χ2v) is 7.67. The number of amides is 2. The average Bonchev–Trinajstić information content (AvgIpc) is 3.23. The summed E-state index contributed by atoms with van der Waals surface area (Å²) < 4.78 is 52.6. The van der Waals surface area contributed by atoms with E-state index < -0.39 is 29.2 Å². The lowest BCUT2D eigenvalue weighted by Gasteiger charge is -2.15. The minimum atomic E-state index is -4.91. The van der Waals surface area contributed by atoms with Gasteiger partial charge in [-0.05, 0) is 56.3 Å². The van der Waals surface area contributed by atoms with Gasteiger partial charge in [0.2, 0.25) is 0 Å². The number of halogens is 4. The highest BCUT2D eigenvalue weighted by Crippen LogP contribution is 2.34. The molecule has 8 nitrogen and oxygen atoms in total. The topological polar surface area (TPSA) is 94.5 Å². The van der Waals surface area contributed by atoms with Gasteiger partial charge in [0.05, 0.1) is 30.7 Å². The first kappa shape index (κ1) is 24.9. The quantitative estimate of drug-likeness (QED) is 0.493. The normalized spacial score (nSPS) is 11.3. The number of nitrogens with zero attached hydrogens (tertiary/aromatic N) is 2. The van der Waals surface area contributed by atoms with Gasteiger partial charge in [-0.3, -0.25) is 20.4 Å². The molecule has 0 saturated heterocycles. The lowest BCUT2D eigenvalue weighted by Crippen LogP contribution is -2.42. The predicted octanol–water partition coefficient (Wildman–Crippen LogP) is 4.42. The molecule has 2 aromatic carbocycles. The van der Waals surface area contributed by atoms with Crippen LogP contribution in [0.5, 0.6) is 11.5 Å². The number of aromatic nitrogens is 2. The molecule has 0 bridgehead atoms. The van der Waals surface area contributed by atoms with Crippen LogP contribution in [0.3, 0.4) is 0 Å². The Morgan fingerprint density at radius 1 is 1.03 bits per heavy atom. The number of alkyl halides is 3. The first-order valence-electron chi connectivity index (χ1n) is 9.87. The van der Waals surface area contributed by atoms with Gasteiger partial charge in [0.15, 0.2) is 17.2 Å². The summed E-state index contributed by atoms with van der Waals surface area (Å²) in [5.74, 6) is -1.30. The molecule has 180 valence electrons. The minimum absolute atomic E-state index is 0.0515. The summed E-state index contributed by atoms with van der Waals surface area (Å²) in [5, 5.41) is 4.02. The van der Waals surface area contributed by atoms with Crippen LogP contribution in [0.1, 0.15) is 40.3 Å². The largest absolute Gasteiger partial charge is 0.493 e. The molecule has 1 heterocycles. The number of nitrogens with one attached hydrogen (secondary N) is 2. The average molecular weight is 497 g/mol. The molecule has 2 amide bonds.